The maximum Gasteiger partial charge on any atom is 0.472 e. The molecule has 340 valence electrons. The van der Waals surface area contributed by atoms with Crippen LogP contribution in [0.5, 0.6) is 0 Å². The molecule has 0 saturated carbocycles. The van der Waals surface area contributed by atoms with Crippen molar-refractivity contribution in [2.45, 2.75) is 136 Å². The summed E-state index contributed by atoms with van der Waals surface area (Å²) in [5, 5.41) is 12.6. The van der Waals surface area contributed by atoms with Crippen LogP contribution in [0.1, 0.15) is 129 Å². The first-order valence-electron chi connectivity index (χ1n) is 22.3. The van der Waals surface area contributed by atoms with Gasteiger partial charge in [-0.05, 0) is 96.3 Å². The summed E-state index contributed by atoms with van der Waals surface area (Å²) in [6.07, 6.45) is 65.2. The van der Waals surface area contributed by atoms with E-state index in [1.54, 1.807) is 6.08 Å². The first-order valence-corrected chi connectivity index (χ1v) is 23.8. The average molecular weight is 864 g/mol. The van der Waals surface area contributed by atoms with Crippen LogP contribution in [-0.2, 0) is 27.9 Å². The Bertz CT molecular complexity index is 1490. The predicted octanol–water partition coefficient (Wildman–Crippen LogP) is 12.9. The van der Waals surface area contributed by atoms with E-state index in [0.717, 1.165) is 89.9 Å². The van der Waals surface area contributed by atoms with Gasteiger partial charge in [0.25, 0.3) is 0 Å². The molecule has 0 spiro atoms. The van der Waals surface area contributed by atoms with Crippen LogP contribution in [0.4, 0.5) is 0 Å². The van der Waals surface area contributed by atoms with Crippen molar-refractivity contribution in [2.75, 3.05) is 26.4 Å². The summed E-state index contributed by atoms with van der Waals surface area (Å²) in [6, 6.07) is 0. The Balaban J connectivity index is 3.82. The van der Waals surface area contributed by atoms with Crippen molar-refractivity contribution >= 4 is 19.7 Å². The van der Waals surface area contributed by atoms with Crippen molar-refractivity contribution in [3.05, 3.63) is 146 Å². The van der Waals surface area contributed by atoms with Gasteiger partial charge in [-0.25, -0.2) is 4.57 Å². The van der Waals surface area contributed by atoms with Crippen LogP contribution in [-0.4, -0.2) is 54.3 Å². The number of carbonyl (C=O) groups excluding carboxylic acids is 2. The Kier molecular flexibility index (Phi) is 42.4. The van der Waals surface area contributed by atoms with Crippen LogP contribution in [0.15, 0.2) is 146 Å². The van der Waals surface area contributed by atoms with Crippen LogP contribution in [0.2, 0.25) is 0 Å². The van der Waals surface area contributed by atoms with Crippen molar-refractivity contribution in [3.63, 3.8) is 0 Å². The van der Waals surface area contributed by atoms with Crippen molar-refractivity contribution in [2.24, 2.45) is 0 Å². The molecule has 0 aromatic carbocycles. The Hall–Kier alpha value is -4.11. The highest BCUT2D eigenvalue weighted by Gasteiger charge is 2.23. The number of aliphatic hydroxyl groups excluding tert-OH is 1. The third kappa shape index (κ3) is 46.8. The van der Waals surface area contributed by atoms with Crippen molar-refractivity contribution in [1.29, 1.82) is 0 Å². The number of unbranched alkanes of at least 4 members (excludes halogenated alkanes) is 3. The van der Waals surface area contributed by atoms with Crippen molar-refractivity contribution in [3.8, 4) is 0 Å². The van der Waals surface area contributed by atoms with E-state index in [4.69, 9.17) is 13.8 Å². The zero-order valence-corrected chi connectivity index (χ0v) is 38.2. The third-order valence-corrected chi connectivity index (χ3v) is 9.28. The molecule has 0 rings (SSSR count). The van der Waals surface area contributed by atoms with Gasteiger partial charge < -0.3 is 20.1 Å². The minimum Gasteiger partial charge on any atom is -0.463 e. The van der Waals surface area contributed by atoms with Gasteiger partial charge in [0.05, 0.1) is 13.2 Å². The molecule has 0 saturated heterocycles. The quantitative estimate of drug-likeness (QED) is 0.0241. The van der Waals surface area contributed by atoms with E-state index >= 15 is 0 Å². The lowest BCUT2D eigenvalue weighted by molar-refractivity contribution is -0.147. The highest BCUT2D eigenvalue weighted by atomic mass is 31.2. The number of nitrogens with one attached hydrogen (secondary N) is 1. The number of phosphoric ester groups is 1. The van der Waals surface area contributed by atoms with Gasteiger partial charge in [0, 0.05) is 19.4 Å². The monoisotopic (exact) mass is 864 g/mol. The summed E-state index contributed by atoms with van der Waals surface area (Å²) in [4.78, 5) is 33.9. The van der Waals surface area contributed by atoms with Crippen LogP contribution >= 0.6 is 7.82 Å². The summed E-state index contributed by atoms with van der Waals surface area (Å²) in [5.41, 5.74) is 0. The van der Waals surface area contributed by atoms with Gasteiger partial charge in [-0.1, -0.05) is 166 Å². The molecule has 0 aromatic heterocycles. The second-order valence-corrected chi connectivity index (χ2v) is 15.4. The number of aliphatic hydroxyl groups is 1. The maximum atomic E-state index is 12.1. The SMILES string of the molecule is CC/C=C\C/C=C\C/C=C\C/C=C\C/C=C\C/C=C\C/C=C\CC(=O)NCCOP(=O)(O)OCC(O)COC(=O)CCCCC/C=C\C/C=C\C/C=C\C/C=C\C/C=C\CC. The van der Waals surface area contributed by atoms with Gasteiger partial charge >= 0.3 is 13.8 Å². The average Bonchev–Trinajstić information content (AvgIpc) is 3.25. The topological polar surface area (TPSA) is 131 Å². The minimum absolute atomic E-state index is 0.0101. The molecule has 0 radical (unpaired) electrons. The number of ether oxygens (including phenoxy) is 1. The molecular weight excluding hydrogens is 786 g/mol. The van der Waals surface area contributed by atoms with E-state index in [-0.39, 0.29) is 38.5 Å². The van der Waals surface area contributed by atoms with E-state index in [1.807, 2.05) is 12.2 Å². The zero-order chi connectivity index (χ0) is 44.6. The molecule has 9 nitrogen and oxygen atoms in total. The third-order valence-electron chi connectivity index (χ3n) is 8.29. The van der Waals surface area contributed by atoms with E-state index < -0.39 is 26.5 Å². The van der Waals surface area contributed by atoms with Crippen molar-refractivity contribution < 1.29 is 37.9 Å². The standard InChI is InChI=1S/C51H78NO8P/c1-3-5-7-9-11-13-15-17-19-21-23-24-26-27-29-31-33-35-37-39-41-43-50(54)52-45-46-59-61(56,57)60-48-49(53)47-58-51(55)44-42-40-38-36-34-32-30-28-25-22-20-18-16-14-12-10-8-6-4-2/h5-8,11-14,17-20,23-25,27-29,32-35,39,41,49,53H,3-4,9-10,15-16,21-22,26,30-31,36-38,40,42-48H2,1-2H3,(H,52,54)(H,56,57)/b7-5-,8-6-,13-11-,14-12-,19-17-,20-18-,24-23-,28-25-,29-27-,34-32-,35-33-,41-39-. The summed E-state index contributed by atoms with van der Waals surface area (Å²) < 4.78 is 26.8. The number of carbonyl (C=O) groups is 2. The molecule has 0 fully saturated rings. The number of hydrogen-bond acceptors (Lipinski definition) is 7. The number of allylic oxidation sites excluding steroid dienone is 23. The first-order chi connectivity index (χ1) is 29.8. The van der Waals surface area contributed by atoms with E-state index in [1.165, 1.54) is 0 Å². The molecule has 0 heterocycles. The van der Waals surface area contributed by atoms with Gasteiger partial charge in [0.1, 0.15) is 12.7 Å². The number of hydrogen-bond donors (Lipinski definition) is 3. The molecule has 0 aliphatic carbocycles. The van der Waals surface area contributed by atoms with E-state index in [2.05, 4.69) is 147 Å². The Morgan fingerprint density at radius 1 is 0.525 bits per heavy atom. The fraction of sp³-hybridized carbons (Fsp3) is 0.490. The highest BCUT2D eigenvalue weighted by molar-refractivity contribution is 7.47. The van der Waals surface area contributed by atoms with E-state index in [0.29, 0.717) is 12.8 Å². The lowest BCUT2D eigenvalue weighted by atomic mass is 10.1. The second-order valence-electron chi connectivity index (χ2n) is 13.9. The van der Waals surface area contributed by atoms with Crippen LogP contribution in [0.25, 0.3) is 0 Å². The minimum atomic E-state index is -4.47. The molecule has 0 bridgehead atoms. The maximum absolute atomic E-state index is 12.1. The summed E-state index contributed by atoms with van der Waals surface area (Å²) in [6.45, 7) is 3.12. The number of rotatable bonds is 39. The second kappa shape index (κ2) is 45.4. The zero-order valence-electron chi connectivity index (χ0n) is 37.3. The van der Waals surface area contributed by atoms with Gasteiger partial charge in [-0.2, -0.15) is 0 Å². The smallest absolute Gasteiger partial charge is 0.463 e. The molecule has 1 amide bonds. The Morgan fingerprint density at radius 2 is 0.918 bits per heavy atom. The fourth-order valence-electron chi connectivity index (χ4n) is 5.01. The van der Waals surface area contributed by atoms with Gasteiger partial charge in [-0.15, -0.1) is 0 Å². The Labute approximate surface area is 369 Å². The lowest BCUT2D eigenvalue weighted by Gasteiger charge is -2.15. The van der Waals surface area contributed by atoms with Crippen LogP contribution in [0, 0.1) is 0 Å². The Morgan fingerprint density at radius 3 is 1.34 bits per heavy atom. The van der Waals surface area contributed by atoms with Crippen LogP contribution < -0.4 is 5.32 Å². The normalized spacial score (nSPS) is 14.6. The lowest BCUT2D eigenvalue weighted by Crippen LogP contribution is -2.26. The molecule has 2 atom stereocenters. The molecule has 3 N–H and O–H groups in total. The fourth-order valence-corrected chi connectivity index (χ4v) is 5.77. The molecule has 0 aliphatic heterocycles. The van der Waals surface area contributed by atoms with Gasteiger partial charge in [0.2, 0.25) is 5.91 Å². The first kappa shape index (κ1) is 56.9. The molecular formula is C51H78NO8P. The highest BCUT2D eigenvalue weighted by Crippen LogP contribution is 2.42. The number of phosphoric acid groups is 1. The van der Waals surface area contributed by atoms with E-state index in [9.17, 15) is 24.2 Å². The molecule has 10 heteroatoms. The van der Waals surface area contributed by atoms with Crippen LogP contribution in [0.3, 0.4) is 0 Å². The predicted molar refractivity (Wildman–Crippen MR) is 256 cm³/mol. The van der Waals surface area contributed by atoms with Gasteiger partial charge in [-0.3, -0.25) is 18.6 Å². The number of amides is 1. The van der Waals surface area contributed by atoms with Gasteiger partial charge in [0.15, 0.2) is 0 Å². The van der Waals surface area contributed by atoms with Crippen molar-refractivity contribution in [1.82, 2.24) is 5.32 Å². The molecule has 2 unspecified atom stereocenters. The summed E-state index contributed by atoms with van der Waals surface area (Å²) in [7, 11) is -4.47. The molecule has 0 aliphatic rings. The molecule has 0 aromatic rings. The molecule has 61 heavy (non-hydrogen) atoms. The largest absolute Gasteiger partial charge is 0.472 e. The number of esters is 1. The summed E-state index contributed by atoms with van der Waals surface area (Å²) >= 11 is 0. The summed E-state index contributed by atoms with van der Waals surface area (Å²) in [5.74, 6) is -0.699.